The Morgan fingerprint density at radius 2 is 2.00 bits per heavy atom. The van der Waals surface area contributed by atoms with Gasteiger partial charge in [-0.3, -0.25) is 0 Å². The molecule has 0 aromatic heterocycles. The Morgan fingerprint density at radius 1 is 1.20 bits per heavy atom. The van der Waals surface area contributed by atoms with Gasteiger partial charge in [0.15, 0.2) is 0 Å². The fourth-order valence-corrected chi connectivity index (χ4v) is 1.29. The predicted octanol–water partition coefficient (Wildman–Crippen LogP) is 3.77. The van der Waals surface area contributed by atoms with E-state index in [0.717, 1.165) is 18.8 Å². The van der Waals surface area contributed by atoms with Crippen LogP contribution < -0.4 is 4.74 Å². The second-order valence-electron chi connectivity index (χ2n) is 3.41. The van der Waals surface area contributed by atoms with Gasteiger partial charge in [0, 0.05) is 6.07 Å². The number of unbranched alkanes of at least 4 members (excludes halogenated alkanes) is 3. The van der Waals surface area contributed by atoms with E-state index in [1.807, 2.05) is 6.07 Å². The second-order valence-corrected chi connectivity index (χ2v) is 3.41. The lowest BCUT2D eigenvalue weighted by molar-refractivity contribution is 0.303. The van der Waals surface area contributed by atoms with Crippen LogP contribution >= 0.6 is 12.4 Å². The van der Waals surface area contributed by atoms with Gasteiger partial charge in [0.05, 0.1) is 6.61 Å². The van der Waals surface area contributed by atoms with E-state index in [0.29, 0.717) is 0 Å². The van der Waals surface area contributed by atoms with Gasteiger partial charge in [0.1, 0.15) is 11.5 Å². The molecule has 0 spiro atoms. The largest absolute Gasteiger partial charge is 0.508 e. The van der Waals surface area contributed by atoms with Crippen molar-refractivity contribution in [2.75, 3.05) is 6.61 Å². The van der Waals surface area contributed by atoms with Crippen LogP contribution in [-0.4, -0.2) is 11.7 Å². The summed E-state index contributed by atoms with van der Waals surface area (Å²) in [5.74, 6) is 1.01. The smallest absolute Gasteiger partial charge is 0.122 e. The molecule has 0 atom stereocenters. The highest BCUT2D eigenvalue weighted by atomic mass is 35.5. The molecular formula is C12H19ClO2. The van der Waals surface area contributed by atoms with Crippen molar-refractivity contribution in [3.63, 3.8) is 0 Å². The van der Waals surface area contributed by atoms with Crippen LogP contribution in [0.25, 0.3) is 0 Å². The van der Waals surface area contributed by atoms with E-state index >= 15 is 0 Å². The van der Waals surface area contributed by atoms with Gasteiger partial charge in [-0.2, -0.15) is 0 Å². The zero-order valence-corrected chi connectivity index (χ0v) is 9.93. The number of ether oxygens (including phenoxy) is 1. The average molecular weight is 231 g/mol. The number of benzene rings is 1. The van der Waals surface area contributed by atoms with Crippen molar-refractivity contribution in [1.82, 2.24) is 0 Å². The number of phenolic OH excluding ortho intramolecular Hbond substituents is 1. The van der Waals surface area contributed by atoms with Crippen molar-refractivity contribution < 1.29 is 9.84 Å². The van der Waals surface area contributed by atoms with E-state index in [4.69, 9.17) is 4.74 Å². The summed E-state index contributed by atoms with van der Waals surface area (Å²) in [5, 5.41) is 9.17. The number of halogens is 1. The minimum absolute atomic E-state index is 0. The first-order chi connectivity index (χ1) is 6.83. The molecule has 15 heavy (non-hydrogen) atoms. The highest BCUT2D eigenvalue weighted by Gasteiger charge is 1.94. The van der Waals surface area contributed by atoms with E-state index in [2.05, 4.69) is 6.92 Å². The lowest BCUT2D eigenvalue weighted by Crippen LogP contribution is -1.96. The Balaban J connectivity index is 0.00000196. The Kier molecular flexibility index (Phi) is 7.92. The first-order valence-corrected chi connectivity index (χ1v) is 5.24. The molecule has 0 aliphatic heterocycles. The van der Waals surface area contributed by atoms with E-state index in [1.54, 1.807) is 18.2 Å². The van der Waals surface area contributed by atoms with Crippen molar-refractivity contribution in [3.8, 4) is 11.5 Å². The quantitative estimate of drug-likeness (QED) is 0.754. The molecule has 1 N–H and O–H groups in total. The molecule has 0 aliphatic carbocycles. The monoisotopic (exact) mass is 230 g/mol. The first-order valence-electron chi connectivity index (χ1n) is 5.24. The van der Waals surface area contributed by atoms with Gasteiger partial charge in [0.2, 0.25) is 0 Å². The van der Waals surface area contributed by atoms with Crippen molar-refractivity contribution in [1.29, 1.82) is 0 Å². The van der Waals surface area contributed by atoms with Crippen molar-refractivity contribution in [2.24, 2.45) is 0 Å². The third kappa shape index (κ3) is 6.24. The molecule has 0 saturated heterocycles. The van der Waals surface area contributed by atoms with Crippen LogP contribution in [-0.2, 0) is 0 Å². The van der Waals surface area contributed by atoms with Gasteiger partial charge in [-0.05, 0) is 18.6 Å². The summed E-state index contributed by atoms with van der Waals surface area (Å²) in [5.41, 5.74) is 0. The van der Waals surface area contributed by atoms with E-state index in [-0.39, 0.29) is 18.2 Å². The Labute approximate surface area is 97.7 Å². The molecule has 2 nitrogen and oxygen atoms in total. The second kappa shape index (κ2) is 8.42. The summed E-state index contributed by atoms with van der Waals surface area (Å²) in [7, 11) is 0. The Bertz CT molecular complexity index is 264. The van der Waals surface area contributed by atoms with Crippen LogP contribution in [0.5, 0.6) is 11.5 Å². The number of aromatic hydroxyl groups is 1. The highest BCUT2D eigenvalue weighted by molar-refractivity contribution is 5.85. The van der Waals surface area contributed by atoms with Crippen LogP contribution in [0.2, 0.25) is 0 Å². The summed E-state index contributed by atoms with van der Waals surface area (Å²) >= 11 is 0. The zero-order valence-electron chi connectivity index (χ0n) is 9.11. The number of hydrogen-bond donors (Lipinski definition) is 1. The van der Waals surface area contributed by atoms with Crippen LogP contribution in [0.3, 0.4) is 0 Å². The fraction of sp³-hybridized carbons (Fsp3) is 0.500. The van der Waals surface area contributed by atoms with Gasteiger partial charge in [-0.1, -0.05) is 32.3 Å². The minimum atomic E-state index is 0. The van der Waals surface area contributed by atoms with Crippen molar-refractivity contribution in [3.05, 3.63) is 24.3 Å². The van der Waals surface area contributed by atoms with Crippen molar-refractivity contribution in [2.45, 2.75) is 32.6 Å². The highest BCUT2D eigenvalue weighted by Crippen LogP contribution is 2.17. The molecule has 0 saturated carbocycles. The molecule has 0 bridgehead atoms. The van der Waals surface area contributed by atoms with Gasteiger partial charge in [-0.25, -0.2) is 0 Å². The van der Waals surface area contributed by atoms with Crippen LogP contribution in [0.4, 0.5) is 0 Å². The Hall–Kier alpha value is -0.890. The molecular weight excluding hydrogens is 212 g/mol. The maximum Gasteiger partial charge on any atom is 0.122 e. The SMILES string of the molecule is CCCCCCOc1cccc(O)c1.Cl. The molecule has 0 radical (unpaired) electrons. The average Bonchev–Trinajstić information content (AvgIpc) is 2.18. The Morgan fingerprint density at radius 3 is 2.67 bits per heavy atom. The van der Waals surface area contributed by atoms with Gasteiger partial charge in [-0.15, -0.1) is 12.4 Å². The summed E-state index contributed by atoms with van der Waals surface area (Å²) in [6.07, 6.45) is 4.81. The third-order valence-corrected chi connectivity index (χ3v) is 2.08. The molecule has 0 amide bonds. The summed E-state index contributed by atoms with van der Waals surface area (Å²) < 4.78 is 5.47. The van der Waals surface area contributed by atoms with Gasteiger partial charge < -0.3 is 9.84 Å². The molecule has 0 aliphatic rings. The number of hydrogen-bond acceptors (Lipinski definition) is 2. The molecule has 0 fully saturated rings. The van der Waals surface area contributed by atoms with Crippen molar-refractivity contribution >= 4 is 12.4 Å². The summed E-state index contributed by atoms with van der Waals surface area (Å²) in [6.45, 7) is 2.93. The topological polar surface area (TPSA) is 29.5 Å². The van der Waals surface area contributed by atoms with Gasteiger partial charge in [0.25, 0.3) is 0 Å². The minimum Gasteiger partial charge on any atom is -0.508 e. The maximum absolute atomic E-state index is 9.17. The van der Waals surface area contributed by atoms with Crippen LogP contribution in [0.15, 0.2) is 24.3 Å². The van der Waals surface area contributed by atoms with Gasteiger partial charge >= 0.3 is 0 Å². The molecule has 0 heterocycles. The van der Waals surface area contributed by atoms with E-state index in [9.17, 15) is 5.11 Å². The predicted molar refractivity (Wildman–Crippen MR) is 65.0 cm³/mol. The first kappa shape index (κ1) is 14.1. The summed E-state index contributed by atoms with van der Waals surface area (Å²) in [6, 6.07) is 6.93. The normalized spacial score (nSPS) is 9.40. The maximum atomic E-state index is 9.17. The van der Waals surface area contributed by atoms with Crippen LogP contribution in [0, 0.1) is 0 Å². The molecule has 0 unspecified atom stereocenters. The lowest BCUT2D eigenvalue weighted by Gasteiger charge is -2.05. The number of rotatable bonds is 6. The van der Waals surface area contributed by atoms with E-state index < -0.39 is 0 Å². The third-order valence-electron chi connectivity index (χ3n) is 2.08. The standard InChI is InChI=1S/C12H18O2.ClH/c1-2-3-4-5-9-14-12-8-6-7-11(13)10-12;/h6-8,10,13H,2-5,9H2,1H3;1H. The molecule has 1 aromatic carbocycles. The lowest BCUT2D eigenvalue weighted by atomic mass is 10.2. The zero-order chi connectivity index (χ0) is 10.2. The molecule has 3 heteroatoms. The summed E-state index contributed by atoms with van der Waals surface area (Å²) in [4.78, 5) is 0. The van der Waals surface area contributed by atoms with E-state index in [1.165, 1.54) is 19.3 Å². The number of phenols is 1. The molecule has 86 valence electrons. The molecule has 1 aromatic rings. The fourth-order valence-electron chi connectivity index (χ4n) is 1.29. The molecule has 1 rings (SSSR count). The van der Waals surface area contributed by atoms with Crippen LogP contribution in [0.1, 0.15) is 32.6 Å².